The monoisotopic (exact) mass is 919 g/mol. The molecule has 9 aromatic carbocycles. The summed E-state index contributed by atoms with van der Waals surface area (Å²) in [6.07, 6.45) is 4.63. The van der Waals surface area contributed by atoms with E-state index in [1.54, 1.807) is 0 Å². The van der Waals surface area contributed by atoms with Crippen LogP contribution in [0, 0.1) is 0 Å². The zero-order chi connectivity index (χ0) is 48.1. The molecule has 3 nitrogen and oxygen atoms in total. The van der Waals surface area contributed by atoms with E-state index in [1.165, 1.54) is 105 Å². The van der Waals surface area contributed by atoms with E-state index in [4.69, 9.17) is 8.83 Å². The second kappa shape index (κ2) is 13.9. The van der Waals surface area contributed by atoms with Gasteiger partial charge in [0, 0.05) is 33.0 Å². The summed E-state index contributed by atoms with van der Waals surface area (Å²) in [7, 11) is 0.824. The number of hydrogen-bond donors (Lipinski definition) is 1. The fourth-order valence-electron chi connectivity index (χ4n) is 14.3. The molecular weight excluding hydrogens is 862 g/mol. The normalized spacial score (nSPS) is 18.6. The Kier molecular flexibility index (Phi) is 8.16. The number of nitrogens with one attached hydrogen (secondary N) is 1. The Morgan fingerprint density at radius 2 is 0.972 bits per heavy atom. The maximum absolute atomic E-state index is 7.46. The molecule has 1 atom stereocenters. The van der Waals surface area contributed by atoms with E-state index in [1.807, 2.05) is 0 Å². The first kappa shape index (κ1) is 41.7. The summed E-state index contributed by atoms with van der Waals surface area (Å²) >= 11 is 0. The third-order valence-corrected chi connectivity index (χ3v) is 18.5. The van der Waals surface area contributed by atoms with Gasteiger partial charge in [-0.25, -0.2) is 0 Å². The van der Waals surface area contributed by atoms with Crippen LogP contribution < -0.4 is 16.2 Å². The summed E-state index contributed by atoms with van der Waals surface area (Å²) < 4.78 is 14.5. The van der Waals surface area contributed by atoms with Gasteiger partial charge in [0.15, 0.2) is 12.9 Å². The Labute approximate surface area is 416 Å². The van der Waals surface area contributed by atoms with Gasteiger partial charge in [-0.15, -0.1) is 0 Å². The minimum absolute atomic E-state index is 0.0506. The van der Waals surface area contributed by atoms with E-state index in [-0.39, 0.29) is 27.6 Å². The lowest BCUT2D eigenvalue weighted by Gasteiger charge is -2.41. The lowest BCUT2D eigenvalue weighted by atomic mass is 9.52. The molecule has 2 aromatic heterocycles. The molecule has 346 valence electrons. The molecule has 1 aliphatic heterocycles. The minimum Gasteiger partial charge on any atom is -0.455 e. The first-order chi connectivity index (χ1) is 34.1. The average molecular weight is 920 g/mol. The van der Waals surface area contributed by atoms with Crippen molar-refractivity contribution >= 4 is 95.0 Å². The SMILES string of the molecule is CC1(C)CCC(C)(C)c2cc3c(cc21)oc1c(Nc2ccc4c(oc5cc6c(cc54)C(C)(C)CCC6(C)C)c2-c2cc4ccccc4c4c2Bc2cccc5c2C4c2c-5ccc4ccccc24)cccc13. The quantitative estimate of drug-likeness (QED) is 0.180. The van der Waals surface area contributed by atoms with E-state index >= 15 is 0 Å². The van der Waals surface area contributed by atoms with Crippen LogP contribution in [0.1, 0.15) is 126 Å². The fourth-order valence-corrected chi connectivity index (χ4v) is 14.3. The van der Waals surface area contributed by atoms with Gasteiger partial charge in [0.2, 0.25) is 0 Å². The van der Waals surface area contributed by atoms with Crippen LogP contribution in [0.3, 0.4) is 0 Å². The lowest BCUT2D eigenvalue weighted by Crippen LogP contribution is -2.40. The molecule has 0 saturated carbocycles. The zero-order valence-electron chi connectivity index (χ0n) is 42.2. The van der Waals surface area contributed by atoms with Gasteiger partial charge in [0.05, 0.1) is 11.4 Å². The van der Waals surface area contributed by atoms with Gasteiger partial charge in [0.1, 0.15) is 16.7 Å². The Balaban J connectivity index is 1.02. The van der Waals surface area contributed by atoms with Crippen molar-refractivity contribution in [2.75, 3.05) is 5.32 Å². The summed E-state index contributed by atoms with van der Waals surface area (Å²) in [4.78, 5) is 0. The summed E-state index contributed by atoms with van der Waals surface area (Å²) in [5.41, 5.74) is 23.8. The summed E-state index contributed by atoms with van der Waals surface area (Å²) in [5.74, 6) is 0.0865. The third-order valence-electron chi connectivity index (χ3n) is 18.5. The van der Waals surface area contributed by atoms with E-state index in [2.05, 4.69) is 200 Å². The van der Waals surface area contributed by atoms with E-state index in [9.17, 15) is 0 Å². The first-order valence-corrected chi connectivity index (χ1v) is 26.2. The number of benzene rings is 9. The molecule has 3 aliphatic carbocycles. The van der Waals surface area contributed by atoms with Gasteiger partial charge in [-0.1, -0.05) is 157 Å². The van der Waals surface area contributed by atoms with Gasteiger partial charge in [-0.05, 0) is 173 Å². The number of para-hydroxylation sites is 1. The highest BCUT2D eigenvalue weighted by Crippen LogP contribution is 2.55. The smallest absolute Gasteiger partial charge is 0.193 e. The molecule has 0 radical (unpaired) electrons. The second-order valence-electron chi connectivity index (χ2n) is 24.5. The van der Waals surface area contributed by atoms with Crippen molar-refractivity contribution in [2.24, 2.45) is 0 Å². The van der Waals surface area contributed by atoms with Crippen molar-refractivity contribution in [1.82, 2.24) is 0 Å². The fraction of sp³-hybridized carbons (Fsp3) is 0.254. The van der Waals surface area contributed by atoms with Gasteiger partial charge in [-0.2, -0.15) is 0 Å². The van der Waals surface area contributed by atoms with Gasteiger partial charge in [-0.3, -0.25) is 0 Å². The van der Waals surface area contributed by atoms with Crippen LogP contribution >= 0.6 is 0 Å². The van der Waals surface area contributed by atoms with Gasteiger partial charge < -0.3 is 14.2 Å². The summed E-state index contributed by atoms with van der Waals surface area (Å²) in [6.45, 7) is 19.3. The number of fused-ring (bicyclic) bond motifs is 17. The summed E-state index contributed by atoms with van der Waals surface area (Å²) in [6, 6.07) is 53.3. The van der Waals surface area contributed by atoms with E-state index in [0.717, 1.165) is 76.6 Å². The van der Waals surface area contributed by atoms with Crippen LogP contribution in [0.2, 0.25) is 0 Å². The molecule has 0 amide bonds. The predicted octanol–water partition coefficient (Wildman–Crippen LogP) is 16.8. The van der Waals surface area contributed by atoms with Crippen LogP contribution in [0.5, 0.6) is 0 Å². The Morgan fingerprint density at radius 3 is 1.65 bits per heavy atom. The summed E-state index contributed by atoms with van der Waals surface area (Å²) in [5, 5.41) is 13.9. The van der Waals surface area contributed by atoms with Crippen LogP contribution in [0.4, 0.5) is 11.4 Å². The van der Waals surface area contributed by atoms with Crippen LogP contribution in [-0.2, 0) is 21.7 Å². The van der Waals surface area contributed by atoms with Crippen LogP contribution in [0.15, 0.2) is 148 Å². The van der Waals surface area contributed by atoms with Gasteiger partial charge >= 0.3 is 0 Å². The number of rotatable bonds is 3. The van der Waals surface area contributed by atoms with Crippen molar-refractivity contribution in [3.63, 3.8) is 0 Å². The Hall–Kier alpha value is -7.04. The highest BCUT2D eigenvalue weighted by atomic mass is 16.3. The highest BCUT2D eigenvalue weighted by molar-refractivity contribution is 6.71. The first-order valence-electron chi connectivity index (χ1n) is 26.2. The molecule has 0 bridgehead atoms. The molecule has 4 heteroatoms. The zero-order valence-corrected chi connectivity index (χ0v) is 42.2. The van der Waals surface area contributed by atoms with Gasteiger partial charge in [0.25, 0.3) is 0 Å². The molecule has 0 fully saturated rings. The second-order valence-corrected chi connectivity index (χ2v) is 24.5. The standard InChI is InChI=1S/C67H58BNO2/c1-64(2)27-29-66(5,6)49-34-54-44(32-47(49)64)42-20-14-22-53(62(42)70-54)69-52-26-25-43-45-33-48-50(67(7,8)30-28-65(48,3)4)35-55(45)71-63(43)58(52)46-31-37-16-10-12-18-39(37)59-60-56-38-17-11-9-15-36(38)23-24-41(56)40-19-13-21-51(57(40)60)68-61(46)59/h9-26,31-35,60,68-69H,27-30H2,1-8H3. The highest BCUT2D eigenvalue weighted by Gasteiger charge is 2.42. The predicted molar refractivity (Wildman–Crippen MR) is 301 cm³/mol. The molecule has 0 spiro atoms. The van der Waals surface area contributed by atoms with Crippen LogP contribution in [0.25, 0.3) is 87.7 Å². The molecule has 11 aromatic rings. The molecule has 0 saturated heterocycles. The minimum atomic E-state index is 0.0506. The van der Waals surface area contributed by atoms with Crippen molar-refractivity contribution in [3.8, 4) is 22.3 Å². The Morgan fingerprint density at radius 1 is 0.423 bits per heavy atom. The molecule has 1 N–H and O–H groups in total. The molecule has 4 aliphatic rings. The largest absolute Gasteiger partial charge is 0.455 e. The number of furan rings is 2. The third kappa shape index (κ3) is 5.68. The van der Waals surface area contributed by atoms with E-state index < -0.39 is 0 Å². The number of anilines is 2. The molecule has 3 heterocycles. The number of hydrogen-bond acceptors (Lipinski definition) is 3. The van der Waals surface area contributed by atoms with Crippen molar-refractivity contribution in [2.45, 2.75) is 109 Å². The van der Waals surface area contributed by atoms with E-state index in [0.29, 0.717) is 0 Å². The Bertz CT molecular complexity index is 4190. The van der Waals surface area contributed by atoms with Crippen LogP contribution in [-0.4, -0.2) is 7.28 Å². The lowest BCUT2D eigenvalue weighted by molar-refractivity contribution is 0.332. The van der Waals surface area contributed by atoms with Crippen molar-refractivity contribution in [1.29, 1.82) is 0 Å². The molecule has 1 unspecified atom stereocenters. The maximum atomic E-state index is 7.46. The molecular formula is C67H58BNO2. The topological polar surface area (TPSA) is 38.3 Å². The van der Waals surface area contributed by atoms with Crippen molar-refractivity contribution in [3.05, 3.63) is 178 Å². The van der Waals surface area contributed by atoms with Crippen molar-refractivity contribution < 1.29 is 8.83 Å². The maximum Gasteiger partial charge on any atom is 0.193 e. The molecule has 71 heavy (non-hydrogen) atoms. The molecule has 15 rings (SSSR count). The average Bonchev–Trinajstić information content (AvgIpc) is 4.04.